The van der Waals surface area contributed by atoms with Crippen molar-refractivity contribution in [3.05, 3.63) is 54.1 Å². The van der Waals surface area contributed by atoms with Crippen LogP contribution < -0.4 is 4.74 Å². The zero-order valence-corrected chi connectivity index (χ0v) is 16.1. The van der Waals surface area contributed by atoms with E-state index >= 15 is 0 Å². The highest BCUT2D eigenvalue weighted by atomic mass is 16.5. The number of methoxy groups -OCH3 is 1. The first-order chi connectivity index (χ1) is 13.2. The number of likely N-dealkylation sites (N-methyl/N-ethyl adjacent to an activating group) is 1. The van der Waals surface area contributed by atoms with E-state index in [4.69, 9.17) is 4.74 Å². The van der Waals surface area contributed by atoms with E-state index in [-0.39, 0.29) is 5.91 Å². The zero-order chi connectivity index (χ0) is 18.8. The topological polar surface area (TPSA) is 36.0 Å². The Morgan fingerprint density at radius 1 is 1.00 bits per heavy atom. The number of fused-ring (bicyclic) bond motifs is 1. The summed E-state index contributed by atoms with van der Waals surface area (Å²) >= 11 is 0. The van der Waals surface area contributed by atoms with Crippen molar-refractivity contribution in [2.24, 2.45) is 0 Å². The molecule has 1 amide bonds. The number of carbonyl (C=O) groups is 1. The Balaban J connectivity index is 1.54. The summed E-state index contributed by atoms with van der Waals surface area (Å²) < 4.78 is 5.48. The van der Waals surface area contributed by atoms with Gasteiger partial charge in [-0.2, -0.15) is 0 Å². The SMILES string of the molecule is COc1ccccc1-c1cccc(C(=O)N2CCN3CCN(C)CC3C2)c1. The number of rotatable bonds is 3. The molecule has 2 aliphatic heterocycles. The van der Waals surface area contributed by atoms with Crippen molar-refractivity contribution in [1.29, 1.82) is 0 Å². The van der Waals surface area contributed by atoms with Crippen molar-refractivity contribution in [2.75, 3.05) is 53.4 Å². The Morgan fingerprint density at radius 3 is 2.67 bits per heavy atom. The van der Waals surface area contributed by atoms with Crippen molar-refractivity contribution in [3.63, 3.8) is 0 Å². The number of amides is 1. The molecule has 2 heterocycles. The van der Waals surface area contributed by atoms with Crippen LogP contribution in [0.3, 0.4) is 0 Å². The molecule has 2 aliphatic rings. The van der Waals surface area contributed by atoms with E-state index < -0.39 is 0 Å². The normalized spacial score (nSPS) is 21.0. The number of para-hydroxylation sites is 1. The van der Waals surface area contributed by atoms with Crippen molar-refractivity contribution >= 4 is 5.91 Å². The van der Waals surface area contributed by atoms with Crippen molar-refractivity contribution in [3.8, 4) is 16.9 Å². The van der Waals surface area contributed by atoms with Crippen LogP contribution in [0, 0.1) is 0 Å². The van der Waals surface area contributed by atoms with Crippen LogP contribution in [0.4, 0.5) is 0 Å². The number of benzene rings is 2. The molecule has 0 bridgehead atoms. The summed E-state index contributed by atoms with van der Waals surface area (Å²) in [7, 11) is 3.84. The largest absolute Gasteiger partial charge is 0.496 e. The second kappa shape index (κ2) is 7.71. The standard InChI is InChI=1S/C22H27N3O2/c1-23-10-11-24-12-13-25(16-19(24)15-23)22(26)18-7-5-6-17(14-18)20-8-3-4-9-21(20)27-2/h3-9,14,19H,10-13,15-16H2,1-2H3. The van der Waals surface area contributed by atoms with Gasteiger partial charge in [-0.3, -0.25) is 9.69 Å². The Morgan fingerprint density at radius 2 is 1.81 bits per heavy atom. The number of nitrogens with zero attached hydrogens (tertiary/aromatic N) is 3. The van der Waals surface area contributed by atoms with Crippen LogP contribution in [0.25, 0.3) is 11.1 Å². The van der Waals surface area contributed by atoms with Gasteiger partial charge in [0.15, 0.2) is 0 Å². The molecule has 2 aromatic carbocycles. The molecule has 2 fully saturated rings. The maximum Gasteiger partial charge on any atom is 0.253 e. The van der Waals surface area contributed by atoms with Gasteiger partial charge in [-0.15, -0.1) is 0 Å². The van der Waals surface area contributed by atoms with Gasteiger partial charge in [-0.05, 0) is 30.8 Å². The van der Waals surface area contributed by atoms with E-state index in [1.165, 1.54) is 0 Å². The van der Waals surface area contributed by atoms with Crippen LogP contribution in [0.1, 0.15) is 10.4 Å². The summed E-state index contributed by atoms with van der Waals surface area (Å²) in [5, 5.41) is 0. The van der Waals surface area contributed by atoms with Crippen LogP contribution in [0.15, 0.2) is 48.5 Å². The van der Waals surface area contributed by atoms with Gasteiger partial charge in [0.05, 0.1) is 7.11 Å². The molecule has 4 rings (SSSR count). The van der Waals surface area contributed by atoms with E-state index in [2.05, 4.69) is 16.8 Å². The van der Waals surface area contributed by atoms with Crippen LogP contribution in [-0.2, 0) is 0 Å². The summed E-state index contributed by atoms with van der Waals surface area (Å²) in [6.07, 6.45) is 0. The van der Waals surface area contributed by atoms with Gasteiger partial charge in [0.25, 0.3) is 5.91 Å². The molecule has 1 atom stereocenters. The van der Waals surface area contributed by atoms with Crippen LogP contribution >= 0.6 is 0 Å². The molecule has 0 radical (unpaired) electrons. The molecule has 0 aliphatic carbocycles. The number of ether oxygens (including phenoxy) is 1. The molecule has 1 unspecified atom stereocenters. The van der Waals surface area contributed by atoms with Gasteiger partial charge in [0.2, 0.25) is 0 Å². The molecular formula is C22H27N3O2. The summed E-state index contributed by atoms with van der Waals surface area (Å²) in [5.74, 6) is 0.945. The molecule has 0 N–H and O–H groups in total. The highest BCUT2D eigenvalue weighted by molar-refractivity contribution is 5.95. The maximum absolute atomic E-state index is 13.2. The lowest BCUT2D eigenvalue weighted by Gasteiger charge is -2.46. The predicted molar refractivity (Wildman–Crippen MR) is 107 cm³/mol. The molecule has 5 heteroatoms. The molecule has 0 spiro atoms. The second-order valence-electron chi connectivity index (χ2n) is 7.48. The van der Waals surface area contributed by atoms with E-state index in [1.54, 1.807) is 7.11 Å². The monoisotopic (exact) mass is 365 g/mol. The third kappa shape index (κ3) is 3.70. The molecule has 2 aromatic rings. The average Bonchev–Trinajstić information content (AvgIpc) is 2.72. The summed E-state index contributed by atoms with van der Waals surface area (Å²) in [6.45, 7) is 5.83. The highest BCUT2D eigenvalue weighted by Gasteiger charge is 2.33. The molecule has 5 nitrogen and oxygen atoms in total. The molecule has 2 saturated heterocycles. The molecular weight excluding hydrogens is 338 g/mol. The summed E-state index contributed by atoms with van der Waals surface area (Å²) in [4.78, 5) is 20.1. The summed E-state index contributed by atoms with van der Waals surface area (Å²) in [6, 6.07) is 16.3. The van der Waals surface area contributed by atoms with Crippen LogP contribution in [0.5, 0.6) is 5.75 Å². The van der Waals surface area contributed by atoms with Gasteiger partial charge >= 0.3 is 0 Å². The average molecular weight is 365 g/mol. The third-order valence-corrected chi connectivity index (χ3v) is 5.71. The lowest BCUT2D eigenvalue weighted by atomic mass is 10.0. The first kappa shape index (κ1) is 18.0. The third-order valence-electron chi connectivity index (χ3n) is 5.71. The van der Waals surface area contributed by atoms with Gasteiger partial charge in [-0.25, -0.2) is 0 Å². The Bertz CT molecular complexity index is 823. The van der Waals surface area contributed by atoms with Crippen molar-refractivity contribution < 1.29 is 9.53 Å². The maximum atomic E-state index is 13.2. The first-order valence-electron chi connectivity index (χ1n) is 9.61. The summed E-state index contributed by atoms with van der Waals surface area (Å²) in [5.41, 5.74) is 2.76. The fraction of sp³-hybridized carbons (Fsp3) is 0.409. The first-order valence-corrected chi connectivity index (χ1v) is 9.61. The number of piperazine rings is 2. The lowest BCUT2D eigenvalue weighted by molar-refractivity contribution is 0.0190. The quantitative estimate of drug-likeness (QED) is 0.837. The van der Waals surface area contributed by atoms with E-state index in [9.17, 15) is 4.79 Å². The van der Waals surface area contributed by atoms with Crippen molar-refractivity contribution in [1.82, 2.24) is 14.7 Å². The number of carbonyl (C=O) groups excluding carboxylic acids is 1. The van der Waals surface area contributed by atoms with Crippen LogP contribution in [0.2, 0.25) is 0 Å². The van der Waals surface area contributed by atoms with E-state index in [0.717, 1.165) is 61.7 Å². The minimum Gasteiger partial charge on any atom is -0.496 e. The number of hydrogen-bond acceptors (Lipinski definition) is 4. The minimum atomic E-state index is 0.125. The Kier molecular flexibility index (Phi) is 5.14. The van der Waals surface area contributed by atoms with Crippen molar-refractivity contribution in [2.45, 2.75) is 6.04 Å². The lowest BCUT2D eigenvalue weighted by Crippen LogP contribution is -2.62. The van der Waals surface area contributed by atoms with Gasteiger partial charge in [0, 0.05) is 56.4 Å². The molecule has 142 valence electrons. The van der Waals surface area contributed by atoms with Gasteiger partial charge in [0.1, 0.15) is 5.75 Å². The molecule has 0 saturated carbocycles. The van der Waals surface area contributed by atoms with Gasteiger partial charge < -0.3 is 14.5 Å². The van der Waals surface area contributed by atoms with Gasteiger partial charge in [-0.1, -0.05) is 30.3 Å². The highest BCUT2D eigenvalue weighted by Crippen LogP contribution is 2.30. The zero-order valence-electron chi connectivity index (χ0n) is 16.1. The number of hydrogen-bond donors (Lipinski definition) is 0. The molecule has 0 aromatic heterocycles. The predicted octanol–water partition coefficient (Wildman–Crippen LogP) is 2.43. The molecule has 27 heavy (non-hydrogen) atoms. The minimum absolute atomic E-state index is 0.125. The Labute approximate surface area is 161 Å². The van der Waals surface area contributed by atoms with E-state index in [0.29, 0.717) is 6.04 Å². The smallest absolute Gasteiger partial charge is 0.253 e. The Hall–Kier alpha value is -2.37. The fourth-order valence-electron chi connectivity index (χ4n) is 4.18. The van der Waals surface area contributed by atoms with Crippen LogP contribution in [-0.4, -0.2) is 80.1 Å². The fourth-order valence-corrected chi connectivity index (χ4v) is 4.18. The second-order valence-corrected chi connectivity index (χ2v) is 7.48. The van der Waals surface area contributed by atoms with E-state index in [1.807, 2.05) is 53.4 Å².